The molecule has 0 aliphatic carbocycles. The van der Waals surface area contributed by atoms with Crippen LogP contribution < -0.4 is 5.69 Å². The monoisotopic (exact) mass is 405 g/mol. The van der Waals surface area contributed by atoms with Crippen LogP contribution in [0.4, 0.5) is 0 Å². The highest BCUT2D eigenvalue weighted by Gasteiger charge is 2.22. The molecule has 0 saturated heterocycles. The Morgan fingerprint density at radius 1 is 1.13 bits per heavy atom. The number of aromatic carboxylic acids is 1. The minimum atomic E-state index is -0.956. The van der Waals surface area contributed by atoms with E-state index < -0.39 is 11.5 Å². The molecule has 3 rings (SSSR count). The molecule has 1 N–H and O–H groups in total. The molecular formula is C24H27N3O3. The van der Waals surface area contributed by atoms with E-state index >= 15 is 0 Å². The highest BCUT2D eigenvalue weighted by Crippen LogP contribution is 2.24. The van der Waals surface area contributed by atoms with Crippen LogP contribution in [0, 0.1) is 0 Å². The van der Waals surface area contributed by atoms with Crippen molar-refractivity contribution in [3.8, 4) is 11.1 Å². The lowest BCUT2D eigenvalue weighted by Crippen LogP contribution is -2.36. The van der Waals surface area contributed by atoms with Gasteiger partial charge in [-0.1, -0.05) is 48.5 Å². The van der Waals surface area contributed by atoms with Crippen molar-refractivity contribution in [2.45, 2.75) is 45.7 Å². The first-order valence-electron chi connectivity index (χ1n) is 9.94. The fourth-order valence-corrected chi connectivity index (χ4v) is 3.34. The normalized spacial score (nSPS) is 11.4. The van der Waals surface area contributed by atoms with Gasteiger partial charge >= 0.3 is 11.7 Å². The quantitative estimate of drug-likeness (QED) is 0.594. The van der Waals surface area contributed by atoms with E-state index in [-0.39, 0.29) is 11.3 Å². The van der Waals surface area contributed by atoms with E-state index in [1.807, 2.05) is 57.2 Å². The Morgan fingerprint density at radius 3 is 2.40 bits per heavy atom. The summed E-state index contributed by atoms with van der Waals surface area (Å²) in [5.74, 6) is -0.224. The summed E-state index contributed by atoms with van der Waals surface area (Å²) in [7, 11) is 0. The Hall–Kier alpha value is -3.41. The van der Waals surface area contributed by atoms with Crippen molar-refractivity contribution < 1.29 is 9.90 Å². The van der Waals surface area contributed by atoms with Crippen LogP contribution in [-0.2, 0) is 18.5 Å². The number of carbonyl (C=O) groups is 1. The maximum absolute atomic E-state index is 13.0. The van der Waals surface area contributed by atoms with Gasteiger partial charge in [-0.3, -0.25) is 4.57 Å². The number of aromatic nitrogens is 3. The van der Waals surface area contributed by atoms with Crippen molar-refractivity contribution in [1.82, 2.24) is 14.3 Å². The van der Waals surface area contributed by atoms with E-state index in [4.69, 9.17) is 0 Å². The number of carboxylic acids is 1. The summed E-state index contributed by atoms with van der Waals surface area (Å²) >= 11 is 0. The van der Waals surface area contributed by atoms with E-state index in [1.165, 1.54) is 4.68 Å². The molecule has 0 aliphatic heterocycles. The lowest BCUT2D eigenvalue weighted by Gasteiger charge is -2.16. The van der Waals surface area contributed by atoms with Gasteiger partial charge in [0.2, 0.25) is 0 Å². The molecule has 156 valence electrons. The second kappa shape index (κ2) is 8.53. The highest BCUT2D eigenvalue weighted by molar-refractivity contribution is 5.95. The van der Waals surface area contributed by atoms with E-state index in [1.54, 1.807) is 22.8 Å². The second-order valence-corrected chi connectivity index (χ2v) is 8.24. The third-order valence-electron chi connectivity index (χ3n) is 4.91. The first-order chi connectivity index (χ1) is 14.2. The average molecular weight is 405 g/mol. The van der Waals surface area contributed by atoms with E-state index in [0.29, 0.717) is 18.5 Å². The summed E-state index contributed by atoms with van der Waals surface area (Å²) in [6, 6.07) is 14.5. The van der Waals surface area contributed by atoms with Crippen molar-refractivity contribution in [2.24, 2.45) is 0 Å². The smallest absolute Gasteiger partial charge is 0.346 e. The highest BCUT2D eigenvalue weighted by atomic mass is 16.4. The Morgan fingerprint density at radius 2 is 1.80 bits per heavy atom. The van der Waals surface area contributed by atoms with Crippen LogP contribution in [0.2, 0.25) is 0 Å². The topological polar surface area (TPSA) is 77.1 Å². The number of allylic oxidation sites excluding steroid dienone is 1. The summed E-state index contributed by atoms with van der Waals surface area (Å²) < 4.78 is 3.23. The molecule has 0 unspecified atom stereocenters. The zero-order valence-electron chi connectivity index (χ0n) is 17.6. The minimum Gasteiger partial charge on any atom is -0.478 e. The maximum Gasteiger partial charge on any atom is 0.346 e. The van der Waals surface area contributed by atoms with Crippen LogP contribution in [0.3, 0.4) is 0 Å². The zero-order valence-corrected chi connectivity index (χ0v) is 17.6. The number of hydrogen-bond donors (Lipinski definition) is 1. The fourth-order valence-electron chi connectivity index (χ4n) is 3.34. The first-order valence-corrected chi connectivity index (χ1v) is 9.94. The Kier molecular flexibility index (Phi) is 6.06. The van der Waals surface area contributed by atoms with Crippen LogP contribution in [0.5, 0.6) is 0 Å². The number of rotatable bonds is 7. The third-order valence-corrected chi connectivity index (χ3v) is 4.91. The van der Waals surface area contributed by atoms with Crippen LogP contribution in [0.1, 0.15) is 48.9 Å². The Balaban J connectivity index is 1.94. The molecule has 6 nitrogen and oxygen atoms in total. The summed E-state index contributed by atoms with van der Waals surface area (Å²) in [5.41, 5.74) is 2.15. The maximum atomic E-state index is 13.0. The fraction of sp³-hybridized carbons (Fsp3) is 0.292. The van der Waals surface area contributed by atoms with Gasteiger partial charge < -0.3 is 5.11 Å². The third kappa shape index (κ3) is 4.43. The molecule has 0 aliphatic rings. The molecule has 3 aromatic rings. The standard InChI is InChI=1S/C24H27N3O3/c1-5-6-11-21-25-27(24(2,3)4)23(30)26(21)16-17-12-14-18(15-13-17)19-9-7-8-10-20(19)22(28)29/h5,7-10,12-15H,1,6,11,16H2,2-4H3,(H,28,29). The van der Waals surface area contributed by atoms with Gasteiger partial charge in [0.05, 0.1) is 17.6 Å². The van der Waals surface area contributed by atoms with Crippen LogP contribution >= 0.6 is 0 Å². The number of carboxylic acid groups (broad SMARTS) is 1. The number of benzene rings is 2. The van der Waals surface area contributed by atoms with E-state index in [2.05, 4.69) is 11.7 Å². The van der Waals surface area contributed by atoms with Gasteiger partial charge in [0.25, 0.3) is 0 Å². The molecule has 0 spiro atoms. The lowest BCUT2D eigenvalue weighted by atomic mass is 9.99. The molecule has 6 heteroatoms. The van der Waals surface area contributed by atoms with Crippen LogP contribution in [-0.4, -0.2) is 25.4 Å². The number of aryl methyl sites for hydroxylation is 1. The molecule has 0 saturated carbocycles. The first kappa shape index (κ1) is 21.3. The summed E-state index contributed by atoms with van der Waals surface area (Å²) in [6.07, 6.45) is 3.21. The second-order valence-electron chi connectivity index (χ2n) is 8.24. The molecule has 0 bridgehead atoms. The molecule has 30 heavy (non-hydrogen) atoms. The van der Waals surface area contributed by atoms with Gasteiger partial charge in [0, 0.05) is 6.42 Å². The minimum absolute atomic E-state index is 0.137. The number of hydrogen-bond acceptors (Lipinski definition) is 3. The van der Waals surface area contributed by atoms with Gasteiger partial charge in [-0.25, -0.2) is 14.3 Å². The van der Waals surface area contributed by atoms with Gasteiger partial charge in [0.1, 0.15) is 5.82 Å². The van der Waals surface area contributed by atoms with Gasteiger partial charge in [-0.05, 0) is 49.9 Å². The van der Waals surface area contributed by atoms with Gasteiger partial charge in [-0.2, -0.15) is 5.10 Å². The molecule has 2 aromatic carbocycles. The summed E-state index contributed by atoms with van der Waals surface area (Å²) in [6.45, 7) is 10.0. The van der Waals surface area contributed by atoms with Crippen molar-refractivity contribution in [1.29, 1.82) is 0 Å². The lowest BCUT2D eigenvalue weighted by molar-refractivity contribution is 0.0697. The Bertz CT molecular complexity index is 1120. The van der Waals surface area contributed by atoms with Gasteiger partial charge in [0.15, 0.2) is 0 Å². The van der Waals surface area contributed by atoms with Crippen LogP contribution in [0.15, 0.2) is 66.0 Å². The molecule has 1 aromatic heterocycles. The molecule has 0 amide bonds. The van der Waals surface area contributed by atoms with Gasteiger partial charge in [-0.15, -0.1) is 6.58 Å². The predicted molar refractivity (Wildman–Crippen MR) is 118 cm³/mol. The van der Waals surface area contributed by atoms with Crippen LogP contribution in [0.25, 0.3) is 11.1 Å². The van der Waals surface area contributed by atoms with Crippen molar-refractivity contribution in [3.05, 3.63) is 88.6 Å². The predicted octanol–water partition coefficient (Wildman–Crippen LogP) is 4.33. The number of nitrogens with zero attached hydrogens (tertiary/aromatic N) is 3. The zero-order chi connectivity index (χ0) is 21.9. The largest absolute Gasteiger partial charge is 0.478 e. The molecule has 1 heterocycles. The molecule has 0 atom stereocenters. The summed E-state index contributed by atoms with van der Waals surface area (Å²) in [4.78, 5) is 24.5. The van der Waals surface area contributed by atoms with E-state index in [0.717, 1.165) is 23.4 Å². The summed E-state index contributed by atoms with van der Waals surface area (Å²) in [5, 5.41) is 14.0. The van der Waals surface area contributed by atoms with Crippen molar-refractivity contribution >= 4 is 5.97 Å². The molecule has 0 fully saturated rings. The molecular weight excluding hydrogens is 378 g/mol. The van der Waals surface area contributed by atoms with E-state index in [9.17, 15) is 14.7 Å². The van der Waals surface area contributed by atoms with Crippen molar-refractivity contribution in [3.63, 3.8) is 0 Å². The molecule has 0 radical (unpaired) electrons. The Labute approximate surface area is 176 Å². The SMILES string of the molecule is C=CCCc1nn(C(C)(C)C)c(=O)n1Cc1ccc(-c2ccccc2C(=O)O)cc1. The van der Waals surface area contributed by atoms with Crippen molar-refractivity contribution in [2.75, 3.05) is 0 Å². The average Bonchev–Trinajstić information content (AvgIpc) is 3.03.